The zero-order valence-corrected chi connectivity index (χ0v) is 18.5. The highest BCUT2D eigenvalue weighted by atomic mass is 19.4. The van der Waals surface area contributed by atoms with E-state index in [1.165, 1.54) is 12.1 Å². The molecule has 1 aromatic heterocycles. The highest BCUT2D eigenvalue weighted by molar-refractivity contribution is 5.96. The molecule has 6 nitrogen and oxygen atoms in total. The number of rotatable bonds is 7. The number of hydrogen-bond donors (Lipinski definition) is 4. The Balaban J connectivity index is 1.30. The van der Waals surface area contributed by atoms with Crippen LogP contribution in [0, 0.1) is 0 Å². The van der Waals surface area contributed by atoms with Gasteiger partial charge in [-0.15, -0.1) is 0 Å². The number of carbonyl (C=O) groups is 2. The van der Waals surface area contributed by atoms with Crippen molar-refractivity contribution in [1.29, 1.82) is 0 Å². The molecule has 9 heteroatoms. The molecule has 0 saturated heterocycles. The molecule has 1 aliphatic carbocycles. The van der Waals surface area contributed by atoms with Crippen LogP contribution < -0.4 is 16.0 Å². The molecule has 34 heavy (non-hydrogen) atoms. The fourth-order valence-corrected chi connectivity index (χ4v) is 4.42. The molecule has 0 unspecified atom stereocenters. The minimum absolute atomic E-state index is 0.0862. The Labute approximate surface area is 195 Å². The van der Waals surface area contributed by atoms with Crippen molar-refractivity contribution in [3.05, 3.63) is 71.4 Å². The molecule has 3 aromatic rings. The van der Waals surface area contributed by atoms with Crippen molar-refractivity contribution in [2.75, 3.05) is 6.54 Å². The second-order valence-electron chi connectivity index (χ2n) is 8.57. The average molecular weight is 473 g/mol. The van der Waals surface area contributed by atoms with E-state index >= 15 is 0 Å². The lowest BCUT2D eigenvalue weighted by atomic mass is 9.90. The minimum atomic E-state index is -4.54. The number of amides is 2. The van der Waals surface area contributed by atoms with Gasteiger partial charge < -0.3 is 20.9 Å². The van der Waals surface area contributed by atoms with Gasteiger partial charge in [-0.1, -0.05) is 37.1 Å². The van der Waals surface area contributed by atoms with E-state index in [-0.39, 0.29) is 30.1 Å². The van der Waals surface area contributed by atoms with Crippen LogP contribution in [0.2, 0.25) is 0 Å². The number of aromatic nitrogens is 1. The summed E-state index contributed by atoms with van der Waals surface area (Å²) in [7, 11) is 0. The quantitative estimate of drug-likeness (QED) is 0.417. The summed E-state index contributed by atoms with van der Waals surface area (Å²) in [6, 6.07) is 12.2. The van der Waals surface area contributed by atoms with E-state index < -0.39 is 17.6 Å². The molecule has 180 valence electrons. The van der Waals surface area contributed by atoms with Gasteiger partial charge in [-0.2, -0.15) is 13.2 Å². The van der Waals surface area contributed by atoms with Crippen molar-refractivity contribution < 1.29 is 22.8 Å². The number of H-pyrrole nitrogens is 1. The molecular weight excluding hydrogens is 445 g/mol. The normalized spacial score (nSPS) is 18.6. The summed E-state index contributed by atoms with van der Waals surface area (Å²) >= 11 is 0. The molecule has 0 bridgehead atoms. The number of benzene rings is 2. The van der Waals surface area contributed by atoms with E-state index in [1.807, 2.05) is 24.4 Å². The van der Waals surface area contributed by atoms with Crippen LogP contribution in [-0.2, 0) is 17.5 Å². The fourth-order valence-electron chi connectivity index (χ4n) is 4.42. The lowest BCUT2D eigenvalue weighted by Crippen LogP contribution is -2.53. The van der Waals surface area contributed by atoms with E-state index in [2.05, 4.69) is 27.0 Å². The number of para-hydroxylation sites is 1. The van der Waals surface area contributed by atoms with E-state index in [1.54, 1.807) is 0 Å². The number of hydrogen-bond acceptors (Lipinski definition) is 3. The lowest BCUT2D eigenvalue weighted by molar-refractivity contribution is -0.137. The van der Waals surface area contributed by atoms with Gasteiger partial charge in [0.2, 0.25) is 5.91 Å². The van der Waals surface area contributed by atoms with Crippen molar-refractivity contribution in [2.24, 2.45) is 0 Å². The molecule has 0 radical (unpaired) electrons. The molecule has 1 aliphatic rings. The van der Waals surface area contributed by atoms with Gasteiger partial charge >= 0.3 is 6.18 Å². The number of nitrogens with one attached hydrogen (secondary N) is 4. The Morgan fingerprint density at radius 3 is 2.56 bits per heavy atom. The molecule has 4 N–H and O–H groups in total. The Morgan fingerprint density at radius 2 is 1.76 bits per heavy atom. The number of fused-ring (bicyclic) bond motifs is 1. The van der Waals surface area contributed by atoms with Gasteiger partial charge in [0.15, 0.2) is 0 Å². The first-order valence-electron chi connectivity index (χ1n) is 11.3. The summed E-state index contributed by atoms with van der Waals surface area (Å²) < 4.78 is 38.6. The van der Waals surface area contributed by atoms with Crippen molar-refractivity contribution in [1.82, 2.24) is 20.9 Å². The number of alkyl halides is 3. The van der Waals surface area contributed by atoms with Crippen LogP contribution in [0.4, 0.5) is 13.2 Å². The van der Waals surface area contributed by atoms with Crippen LogP contribution >= 0.6 is 0 Å². The maximum Gasteiger partial charge on any atom is 0.416 e. The topological polar surface area (TPSA) is 86.0 Å². The summed E-state index contributed by atoms with van der Waals surface area (Å²) in [6.07, 6.45) is 1.24. The van der Waals surface area contributed by atoms with Crippen LogP contribution in [0.1, 0.15) is 47.2 Å². The predicted molar refractivity (Wildman–Crippen MR) is 123 cm³/mol. The molecule has 2 aromatic carbocycles. The van der Waals surface area contributed by atoms with E-state index in [0.29, 0.717) is 6.54 Å². The average Bonchev–Trinajstić information content (AvgIpc) is 3.24. The molecule has 0 aliphatic heterocycles. The fraction of sp³-hybridized carbons (Fsp3) is 0.360. The molecule has 2 atom stereocenters. The molecule has 0 spiro atoms. The molecule has 1 fully saturated rings. The van der Waals surface area contributed by atoms with Crippen molar-refractivity contribution in [2.45, 2.75) is 50.5 Å². The van der Waals surface area contributed by atoms with Crippen molar-refractivity contribution in [3.8, 4) is 0 Å². The van der Waals surface area contributed by atoms with Crippen LogP contribution in [0.3, 0.4) is 0 Å². The van der Waals surface area contributed by atoms with Gasteiger partial charge in [-0.05, 0) is 42.7 Å². The van der Waals surface area contributed by atoms with E-state index in [4.69, 9.17) is 0 Å². The second-order valence-corrected chi connectivity index (χ2v) is 8.57. The smallest absolute Gasteiger partial charge is 0.361 e. The van der Waals surface area contributed by atoms with Gasteiger partial charge in [-0.25, -0.2) is 0 Å². The number of carbonyl (C=O) groups excluding carboxylic acids is 2. The Hall–Kier alpha value is -3.33. The van der Waals surface area contributed by atoms with Crippen LogP contribution in [0.25, 0.3) is 10.9 Å². The minimum Gasteiger partial charge on any atom is -0.361 e. The Kier molecular flexibility index (Phi) is 7.21. The van der Waals surface area contributed by atoms with Gasteiger partial charge in [0.1, 0.15) is 0 Å². The van der Waals surface area contributed by atoms with E-state index in [0.717, 1.165) is 54.3 Å². The lowest BCUT2D eigenvalue weighted by Gasteiger charge is -2.33. The Bertz CT molecular complexity index is 1160. The highest BCUT2D eigenvalue weighted by Crippen LogP contribution is 2.29. The van der Waals surface area contributed by atoms with Crippen LogP contribution in [0.5, 0.6) is 0 Å². The van der Waals surface area contributed by atoms with Crippen molar-refractivity contribution in [3.63, 3.8) is 0 Å². The second kappa shape index (κ2) is 10.3. The largest absolute Gasteiger partial charge is 0.416 e. The summed E-state index contributed by atoms with van der Waals surface area (Å²) in [5, 5.41) is 10.1. The molecule has 2 amide bonds. The zero-order valence-electron chi connectivity index (χ0n) is 18.5. The third-order valence-corrected chi connectivity index (χ3v) is 6.20. The third-order valence-electron chi connectivity index (χ3n) is 6.20. The predicted octanol–water partition coefficient (Wildman–Crippen LogP) is 4.13. The van der Waals surface area contributed by atoms with Gasteiger partial charge in [-0.3, -0.25) is 9.59 Å². The molecule has 4 rings (SSSR count). The van der Waals surface area contributed by atoms with Gasteiger partial charge in [0.05, 0.1) is 12.1 Å². The SMILES string of the molecule is O=C(CNC(=O)c1cccc(C(F)(F)F)c1)N[C@H]1CCCC[C@H]1NCc1c[nH]c2ccccc12. The van der Waals surface area contributed by atoms with Gasteiger partial charge in [0.25, 0.3) is 5.91 Å². The highest BCUT2D eigenvalue weighted by Gasteiger charge is 2.31. The third kappa shape index (κ3) is 5.77. The standard InChI is InChI=1S/C25H27F3N4O2/c26-25(27,28)18-7-5-6-16(12-18)24(34)31-15-23(33)32-22-11-4-3-10-21(22)30-14-17-13-29-20-9-2-1-8-19(17)20/h1-2,5-9,12-13,21-22,29-30H,3-4,10-11,14-15H2,(H,31,34)(H,32,33)/t21-,22+/m1/s1. The van der Waals surface area contributed by atoms with Crippen molar-refractivity contribution >= 4 is 22.7 Å². The first-order valence-corrected chi connectivity index (χ1v) is 11.3. The summed E-state index contributed by atoms with van der Waals surface area (Å²) in [5.41, 5.74) is 1.18. The summed E-state index contributed by atoms with van der Waals surface area (Å²) in [6.45, 7) is 0.355. The zero-order chi connectivity index (χ0) is 24.1. The van der Waals surface area contributed by atoms with E-state index in [9.17, 15) is 22.8 Å². The molecule has 1 saturated carbocycles. The van der Waals surface area contributed by atoms with Gasteiger partial charge in [0, 0.05) is 41.3 Å². The molecular formula is C25H27F3N4O2. The number of aromatic amines is 1. The monoisotopic (exact) mass is 472 g/mol. The maximum absolute atomic E-state index is 12.9. The van der Waals surface area contributed by atoms with Crippen LogP contribution in [0.15, 0.2) is 54.7 Å². The van der Waals surface area contributed by atoms with Crippen LogP contribution in [-0.4, -0.2) is 35.4 Å². The Morgan fingerprint density at radius 1 is 1.00 bits per heavy atom. The summed E-state index contributed by atoms with van der Waals surface area (Å²) in [5.74, 6) is -1.09. The molecule has 1 heterocycles. The number of halogens is 3. The first kappa shape index (κ1) is 23.8. The summed E-state index contributed by atoms with van der Waals surface area (Å²) in [4.78, 5) is 28.0. The first-order chi connectivity index (χ1) is 16.3. The maximum atomic E-state index is 12.9.